The lowest BCUT2D eigenvalue weighted by atomic mass is 9.96. The number of aliphatic hydroxyl groups is 11. The fourth-order valence-electron chi connectivity index (χ4n) is 10.6. The van der Waals surface area contributed by atoms with Gasteiger partial charge in [0.2, 0.25) is 5.91 Å². The van der Waals surface area contributed by atoms with E-state index in [0.29, 0.717) is 12.8 Å². The number of rotatable bonds is 48. The minimum atomic E-state index is -1.99. The van der Waals surface area contributed by atoms with Crippen molar-refractivity contribution >= 4 is 5.91 Å². The molecular weight excluding hydrogens is 1110 g/mol. The van der Waals surface area contributed by atoms with Crippen molar-refractivity contribution in [1.82, 2.24) is 5.32 Å². The number of hydrogen-bond donors (Lipinski definition) is 12. The fourth-order valence-corrected chi connectivity index (χ4v) is 10.6. The zero-order valence-corrected chi connectivity index (χ0v) is 52.0. The Kier molecular flexibility index (Phi) is 43.8. The molecule has 3 aliphatic rings. The SMILES string of the molecule is CC/C=C\C/C=C\C/C=C\C/C=C\CCCCCCC(=O)NC(COC1OC(CO)C(OC2OC(CO)C(OC3OC(CO)C(O)C(O)C3O)C(O)C2O)C(O)C1O)C(O)/C=C/CC/C=C/CC/C=C/CCCCCCCCCCCCCCCC. The largest absolute Gasteiger partial charge is 0.394 e. The van der Waals surface area contributed by atoms with Crippen LogP contribution in [0.5, 0.6) is 0 Å². The number of allylic oxidation sites excluding steroid dienone is 13. The smallest absolute Gasteiger partial charge is 0.220 e. The lowest BCUT2D eigenvalue weighted by Gasteiger charge is -2.48. The molecule has 17 atom stereocenters. The van der Waals surface area contributed by atoms with E-state index in [0.717, 1.165) is 77.0 Å². The number of amides is 1. The van der Waals surface area contributed by atoms with Gasteiger partial charge in [-0.25, -0.2) is 0 Å². The van der Waals surface area contributed by atoms with Crippen molar-refractivity contribution in [3.05, 3.63) is 85.1 Å². The molecule has 0 aliphatic carbocycles. The summed E-state index contributed by atoms with van der Waals surface area (Å²) in [6.07, 6.45) is 34.2. The number of carbonyl (C=O) groups excluding carboxylic acids is 1. The summed E-state index contributed by atoms with van der Waals surface area (Å²) in [5, 5.41) is 120. The number of ether oxygens (including phenoxy) is 6. The zero-order chi connectivity index (χ0) is 62.6. The summed E-state index contributed by atoms with van der Waals surface area (Å²) in [7, 11) is 0. The van der Waals surface area contributed by atoms with E-state index in [1.54, 1.807) is 6.08 Å². The Labute approximate surface area is 514 Å². The Bertz CT molecular complexity index is 1890. The van der Waals surface area contributed by atoms with Crippen LogP contribution in [0.3, 0.4) is 0 Å². The molecule has 0 radical (unpaired) electrons. The van der Waals surface area contributed by atoms with E-state index in [2.05, 4.69) is 92.1 Å². The van der Waals surface area contributed by atoms with Gasteiger partial charge in [0.25, 0.3) is 0 Å². The molecule has 3 rings (SSSR count). The summed E-state index contributed by atoms with van der Waals surface area (Å²) in [5.74, 6) is -0.316. The third-order valence-corrected chi connectivity index (χ3v) is 15.9. The number of unbranched alkanes of at least 4 members (excludes halogenated alkanes) is 20. The van der Waals surface area contributed by atoms with Gasteiger partial charge in [0.1, 0.15) is 73.2 Å². The monoisotopic (exact) mass is 1220 g/mol. The van der Waals surface area contributed by atoms with Crippen molar-refractivity contribution in [2.75, 3.05) is 26.4 Å². The third kappa shape index (κ3) is 31.1. The van der Waals surface area contributed by atoms with Gasteiger partial charge in [-0.15, -0.1) is 0 Å². The van der Waals surface area contributed by atoms with Crippen LogP contribution < -0.4 is 5.32 Å². The van der Waals surface area contributed by atoms with Crippen LogP contribution in [-0.2, 0) is 33.2 Å². The van der Waals surface area contributed by atoms with Gasteiger partial charge in [-0.1, -0.05) is 195 Å². The molecule has 1 amide bonds. The van der Waals surface area contributed by atoms with Gasteiger partial charge < -0.3 is 89.9 Å². The zero-order valence-electron chi connectivity index (χ0n) is 52.0. The van der Waals surface area contributed by atoms with E-state index in [4.69, 9.17) is 28.4 Å². The van der Waals surface area contributed by atoms with Crippen molar-refractivity contribution in [3.63, 3.8) is 0 Å². The summed E-state index contributed by atoms with van der Waals surface area (Å²) < 4.78 is 34.3. The van der Waals surface area contributed by atoms with Crippen LogP contribution in [0.15, 0.2) is 85.1 Å². The second kappa shape index (κ2) is 48.8. The summed E-state index contributed by atoms with van der Waals surface area (Å²) in [6.45, 7) is 1.56. The molecule has 3 saturated heterocycles. The number of hydrogen-bond acceptors (Lipinski definition) is 18. The first-order valence-corrected chi connectivity index (χ1v) is 32.8. The highest BCUT2D eigenvalue weighted by Gasteiger charge is 2.53. The maximum atomic E-state index is 13.3. The van der Waals surface area contributed by atoms with E-state index in [1.807, 2.05) is 6.08 Å². The molecular formula is C67H115NO18. The van der Waals surface area contributed by atoms with E-state index in [9.17, 15) is 61.0 Å². The molecule has 19 nitrogen and oxygen atoms in total. The molecule has 0 bridgehead atoms. The predicted octanol–water partition coefficient (Wildman–Crippen LogP) is 7.54. The van der Waals surface area contributed by atoms with Gasteiger partial charge in [-0.05, 0) is 83.5 Å². The quantitative estimate of drug-likeness (QED) is 0.0207. The van der Waals surface area contributed by atoms with Gasteiger partial charge in [-0.3, -0.25) is 4.79 Å². The topological polar surface area (TPSA) is 307 Å². The van der Waals surface area contributed by atoms with E-state index >= 15 is 0 Å². The molecule has 17 unspecified atom stereocenters. The Hall–Kier alpha value is -3.03. The molecule has 19 heteroatoms. The molecule has 86 heavy (non-hydrogen) atoms. The van der Waals surface area contributed by atoms with Gasteiger partial charge in [0.05, 0.1) is 38.6 Å². The van der Waals surface area contributed by atoms with Crippen molar-refractivity contribution < 1.29 is 89.4 Å². The molecule has 0 spiro atoms. The van der Waals surface area contributed by atoms with Crippen LogP contribution in [0.25, 0.3) is 0 Å². The van der Waals surface area contributed by atoms with Gasteiger partial charge in [-0.2, -0.15) is 0 Å². The first-order chi connectivity index (χ1) is 41.8. The molecule has 3 fully saturated rings. The van der Waals surface area contributed by atoms with Crippen LogP contribution >= 0.6 is 0 Å². The van der Waals surface area contributed by atoms with Gasteiger partial charge >= 0.3 is 0 Å². The first-order valence-electron chi connectivity index (χ1n) is 32.8. The summed E-state index contributed by atoms with van der Waals surface area (Å²) in [4.78, 5) is 13.3. The average molecular weight is 1220 g/mol. The predicted molar refractivity (Wildman–Crippen MR) is 332 cm³/mol. The maximum Gasteiger partial charge on any atom is 0.220 e. The molecule has 3 heterocycles. The Morgan fingerprint density at radius 1 is 0.430 bits per heavy atom. The minimum absolute atomic E-state index is 0.199. The van der Waals surface area contributed by atoms with Crippen LogP contribution in [0, 0.1) is 0 Å². The van der Waals surface area contributed by atoms with Crippen molar-refractivity contribution in [1.29, 1.82) is 0 Å². The third-order valence-electron chi connectivity index (χ3n) is 15.9. The molecule has 0 aromatic carbocycles. The lowest BCUT2D eigenvalue weighted by Crippen LogP contribution is -2.66. The summed E-state index contributed by atoms with van der Waals surface area (Å²) in [6, 6.07) is -1.01. The van der Waals surface area contributed by atoms with Gasteiger partial charge in [0.15, 0.2) is 18.9 Å². The van der Waals surface area contributed by atoms with E-state index in [1.165, 1.54) is 89.9 Å². The molecule has 0 aromatic rings. The van der Waals surface area contributed by atoms with Crippen molar-refractivity contribution in [2.24, 2.45) is 0 Å². The molecule has 0 saturated carbocycles. The Balaban J connectivity index is 1.49. The second-order valence-electron chi connectivity index (χ2n) is 23.2. The lowest BCUT2D eigenvalue weighted by molar-refractivity contribution is -0.379. The van der Waals surface area contributed by atoms with Crippen LogP contribution in [0.1, 0.15) is 200 Å². The van der Waals surface area contributed by atoms with Gasteiger partial charge in [0, 0.05) is 6.42 Å². The fraction of sp³-hybridized carbons (Fsp3) is 0.776. The standard InChI is InChI=1S/C67H115NO18/c1-3-5-7-9-11-13-15-17-19-21-22-23-24-25-26-27-29-30-32-34-36-38-40-42-44-51(72)50(68-55(73)45-43-41-39-37-35-33-31-28-20-18-16-14-12-10-8-6-4-2)49-81-65-61(79)58(76)63(53(47-70)83-65)86-67-62(80)59(77)64(54(48-71)84-67)85-66-60(78)57(75)56(74)52(46-69)82-66/h6,8,12,14,18,20,27,29,31,33-34,36,42,44,50-54,56-67,69-72,74-80H,3-5,7,9-11,13,15-17,19,21-26,28,30,32,35,37-41,43,45-49H2,1-2H3,(H,68,73)/b8-6-,14-12-,20-18-,29-27+,33-31-,36-34+,44-42+. The maximum absolute atomic E-state index is 13.3. The van der Waals surface area contributed by atoms with Crippen molar-refractivity contribution in [2.45, 2.75) is 304 Å². The average Bonchev–Trinajstić information content (AvgIpc) is 2.24. The van der Waals surface area contributed by atoms with Crippen molar-refractivity contribution in [3.8, 4) is 0 Å². The highest BCUT2D eigenvalue weighted by atomic mass is 16.8. The van der Waals surface area contributed by atoms with E-state index < -0.39 is 124 Å². The molecule has 0 aromatic heterocycles. The molecule has 3 aliphatic heterocycles. The number of nitrogens with one attached hydrogen (secondary N) is 1. The second-order valence-corrected chi connectivity index (χ2v) is 23.2. The number of aliphatic hydroxyl groups excluding tert-OH is 11. The molecule has 12 N–H and O–H groups in total. The Morgan fingerprint density at radius 2 is 0.814 bits per heavy atom. The van der Waals surface area contributed by atoms with E-state index in [-0.39, 0.29) is 18.9 Å². The summed E-state index contributed by atoms with van der Waals surface area (Å²) in [5.41, 5.74) is 0. The highest BCUT2D eigenvalue weighted by molar-refractivity contribution is 5.76. The highest BCUT2D eigenvalue weighted by Crippen LogP contribution is 2.33. The van der Waals surface area contributed by atoms with Crippen LogP contribution in [0.2, 0.25) is 0 Å². The minimum Gasteiger partial charge on any atom is -0.394 e. The normalized spacial score (nSPS) is 29.3. The number of carbonyl (C=O) groups is 1. The molecule has 496 valence electrons. The van der Waals surface area contributed by atoms with Crippen LogP contribution in [-0.4, -0.2) is 193 Å². The van der Waals surface area contributed by atoms with Crippen LogP contribution in [0.4, 0.5) is 0 Å². The first kappa shape index (κ1) is 77.2. The summed E-state index contributed by atoms with van der Waals surface area (Å²) >= 11 is 0. The Morgan fingerprint density at radius 3 is 1.30 bits per heavy atom.